The van der Waals surface area contributed by atoms with Crippen LogP contribution in [0.4, 0.5) is 4.79 Å². The molecule has 0 bridgehead atoms. The molecular formula is C5H13NO3Si. The van der Waals surface area contributed by atoms with Gasteiger partial charge in [-0.15, -0.1) is 0 Å². The van der Waals surface area contributed by atoms with E-state index in [-0.39, 0.29) is 0 Å². The van der Waals surface area contributed by atoms with Crippen LogP contribution in [0.3, 0.4) is 0 Å². The van der Waals surface area contributed by atoms with Gasteiger partial charge in [0.1, 0.15) is 0 Å². The zero-order valence-corrected chi connectivity index (χ0v) is 7.66. The Morgan fingerprint density at radius 2 is 2.20 bits per heavy atom. The van der Waals surface area contributed by atoms with E-state index < -0.39 is 15.1 Å². The van der Waals surface area contributed by atoms with Crippen molar-refractivity contribution in [2.75, 3.05) is 20.4 Å². The summed E-state index contributed by atoms with van der Waals surface area (Å²) in [5, 5.41) is 2.56. The van der Waals surface area contributed by atoms with Crippen LogP contribution in [-0.2, 0) is 9.16 Å². The number of hydrogen-bond donors (Lipinski definition) is 1. The minimum Gasteiger partial charge on any atom is -0.453 e. The van der Waals surface area contributed by atoms with Crippen molar-refractivity contribution >= 4 is 15.1 Å². The van der Waals surface area contributed by atoms with Gasteiger partial charge in [0.2, 0.25) is 0 Å². The van der Waals surface area contributed by atoms with Crippen molar-refractivity contribution < 1.29 is 14.0 Å². The molecule has 0 aromatic rings. The van der Waals surface area contributed by atoms with Gasteiger partial charge < -0.3 is 14.5 Å². The third kappa shape index (κ3) is 4.34. The number of hydrogen-bond acceptors (Lipinski definition) is 3. The van der Waals surface area contributed by atoms with Gasteiger partial charge in [0.15, 0.2) is 9.04 Å². The smallest absolute Gasteiger partial charge is 0.406 e. The number of alkyl carbamates (subject to hydrolysis) is 1. The number of carbonyl (C=O) groups excluding carboxylic acids is 1. The number of amides is 1. The molecule has 0 aliphatic rings. The lowest BCUT2D eigenvalue weighted by molar-refractivity contribution is 0.172. The molecule has 60 valence electrons. The van der Waals surface area contributed by atoms with Gasteiger partial charge in [-0.3, -0.25) is 0 Å². The van der Waals surface area contributed by atoms with Crippen molar-refractivity contribution in [1.82, 2.24) is 5.32 Å². The first-order valence-corrected chi connectivity index (χ1v) is 5.49. The van der Waals surface area contributed by atoms with E-state index in [0.29, 0.717) is 6.17 Å². The summed E-state index contributed by atoms with van der Waals surface area (Å²) in [4.78, 5) is 10.5. The standard InChI is InChI=1S/C5H13NO3Si/c1-8-5(7)6-4-10(3)9-2/h10H,4H2,1-3H3,(H,6,7)/t10-/m0/s1. The first-order valence-electron chi connectivity index (χ1n) is 3.05. The molecule has 0 unspecified atom stereocenters. The van der Waals surface area contributed by atoms with Crippen molar-refractivity contribution in [1.29, 1.82) is 0 Å². The number of methoxy groups -OCH3 is 1. The fourth-order valence-electron chi connectivity index (χ4n) is 0.383. The van der Waals surface area contributed by atoms with Crippen molar-refractivity contribution in [3.05, 3.63) is 0 Å². The summed E-state index contributed by atoms with van der Waals surface area (Å²) in [6.45, 7) is 2.00. The largest absolute Gasteiger partial charge is 0.453 e. The molecule has 0 fully saturated rings. The predicted molar refractivity (Wildman–Crippen MR) is 40.4 cm³/mol. The fourth-order valence-corrected chi connectivity index (χ4v) is 1.00. The van der Waals surface area contributed by atoms with E-state index in [1.165, 1.54) is 7.11 Å². The number of ether oxygens (including phenoxy) is 1. The molecule has 0 aromatic carbocycles. The molecule has 4 nitrogen and oxygen atoms in total. The molecular weight excluding hydrogens is 150 g/mol. The Morgan fingerprint density at radius 1 is 1.60 bits per heavy atom. The summed E-state index contributed by atoms with van der Waals surface area (Å²) in [7, 11) is 1.83. The Balaban J connectivity index is 3.26. The van der Waals surface area contributed by atoms with Gasteiger partial charge in [0.05, 0.1) is 7.11 Å². The molecule has 1 amide bonds. The number of carbonyl (C=O) groups is 1. The zero-order valence-electron chi connectivity index (χ0n) is 6.51. The maximum absolute atomic E-state index is 10.5. The highest BCUT2D eigenvalue weighted by molar-refractivity contribution is 6.50. The molecule has 0 saturated carbocycles. The first-order chi connectivity index (χ1) is 4.70. The van der Waals surface area contributed by atoms with Gasteiger partial charge >= 0.3 is 6.09 Å². The Morgan fingerprint density at radius 3 is 2.60 bits per heavy atom. The molecule has 1 atom stereocenters. The van der Waals surface area contributed by atoms with Crippen LogP contribution < -0.4 is 5.32 Å². The van der Waals surface area contributed by atoms with Crippen LogP contribution in [0.5, 0.6) is 0 Å². The second-order valence-electron chi connectivity index (χ2n) is 1.92. The molecule has 1 N–H and O–H groups in total. The van der Waals surface area contributed by atoms with Gasteiger partial charge in [0.25, 0.3) is 0 Å². The third-order valence-corrected chi connectivity index (χ3v) is 2.71. The van der Waals surface area contributed by atoms with Gasteiger partial charge in [-0.05, 0) is 6.55 Å². The van der Waals surface area contributed by atoms with Crippen LogP contribution >= 0.6 is 0 Å². The van der Waals surface area contributed by atoms with Crippen LogP contribution in [-0.4, -0.2) is 35.5 Å². The monoisotopic (exact) mass is 163 g/mol. The SMILES string of the molecule is COC(=O)NC[Si@H](C)OC. The van der Waals surface area contributed by atoms with E-state index in [1.54, 1.807) is 7.11 Å². The average molecular weight is 163 g/mol. The van der Waals surface area contributed by atoms with E-state index in [9.17, 15) is 4.79 Å². The molecule has 0 aromatic heterocycles. The maximum Gasteiger partial charge on any atom is 0.406 e. The Hall–Kier alpha value is -0.553. The Bertz CT molecular complexity index is 109. The van der Waals surface area contributed by atoms with E-state index in [1.807, 2.05) is 6.55 Å². The lowest BCUT2D eigenvalue weighted by Gasteiger charge is -2.07. The topological polar surface area (TPSA) is 47.6 Å². The van der Waals surface area contributed by atoms with Gasteiger partial charge in [-0.1, -0.05) is 0 Å². The maximum atomic E-state index is 10.5. The molecule has 0 aliphatic heterocycles. The molecule has 5 heteroatoms. The molecule has 0 saturated heterocycles. The van der Waals surface area contributed by atoms with Gasteiger partial charge in [-0.2, -0.15) is 0 Å². The quantitative estimate of drug-likeness (QED) is 0.590. The molecule has 0 rings (SSSR count). The van der Waals surface area contributed by atoms with E-state index in [2.05, 4.69) is 10.1 Å². The van der Waals surface area contributed by atoms with Crippen LogP contribution in [0.2, 0.25) is 6.55 Å². The van der Waals surface area contributed by atoms with Gasteiger partial charge in [-0.25, -0.2) is 4.79 Å². The van der Waals surface area contributed by atoms with Crippen molar-refractivity contribution in [2.24, 2.45) is 0 Å². The van der Waals surface area contributed by atoms with Crippen molar-refractivity contribution in [3.63, 3.8) is 0 Å². The van der Waals surface area contributed by atoms with Crippen LogP contribution in [0.25, 0.3) is 0 Å². The van der Waals surface area contributed by atoms with Crippen LogP contribution in [0.15, 0.2) is 0 Å². The predicted octanol–water partition coefficient (Wildman–Crippen LogP) is -0.118. The average Bonchev–Trinajstić information content (AvgIpc) is 1.99. The summed E-state index contributed by atoms with van der Waals surface area (Å²) >= 11 is 0. The minimum absolute atomic E-state index is 0.392. The summed E-state index contributed by atoms with van der Waals surface area (Å²) < 4.78 is 9.38. The lowest BCUT2D eigenvalue weighted by atomic mass is 11.1. The molecule has 0 heterocycles. The Kier molecular flexibility index (Phi) is 4.96. The highest BCUT2D eigenvalue weighted by atomic mass is 28.3. The van der Waals surface area contributed by atoms with Crippen molar-refractivity contribution in [3.8, 4) is 0 Å². The summed E-state index contributed by atoms with van der Waals surface area (Å²) in [6, 6.07) is 0. The fraction of sp³-hybridized carbons (Fsp3) is 0.800. The summed E-state index contributed by atoms with van der Waals surface area (Å²) in [5.41, 5.74) is 0. The highest BCUT2D eigenvalue weighted by Gasteiger charge is 2.04. The lowest BCUT2D eigenvalue weighted by Crippen LogP contribution is -2.34. The molecule has 0 aliphatic carbocycles. The highest BCUT2D eigenvalue weighted by Crippen LogP contribution is 1.79. The van der Waals surface area contributed by atoms with Crippen molar-refractivity contribution in [2.45, 2.75) is 6.55 Å². The second-order valence-corrected chi connectivity index (χ2v) is 4.42. The van der Waals surface area contributed by atoms with Crippen LogP contribution in [0.1, 0.15) is 0 Å². The second kappa shape index (κ2) is 5.25. The Labute approximate surface area is 62.2 Å². The first kappa shape index (κ1) is 9.45. The third-order valence-electron chi connectivity index (χ3n) is 1.12. The summed E-state index contributed by atoms with van der Waals surface area (Å²) in [5.74, 6) is 0. The van der Waals surface area contributed by atoms with E-state index in [4.69, 9.17) is 4.43 Å². The van der Waals surface area contributed by atoms with Crippen LogP contribution in [0, 0.1) is 0 Å². The molecule has 10 heavy (non-hydrogen) atoms. The minimum atomic E-state index is -1.16. The summed E-state index contributed by atoms with van der Waals surface area (Å²) in [6.07, 6.45) is 0.222. The zero-order chi connectivity index (χ0) is 7.98. The normalized spacial score (nSPS) is 12.3. The number of nitrogens with one attached hydrogen (secondary N) is 1. The number of rotatable bonds is 3. The van der Waals surface area contributed by atoms with E-state index >= 15 is 0 Å². The molecule has 0 radical (unpaired) electrons. The van der Waals surface area contributed by atoms with E-state index in [0.717, 1.165) is 0 Å². The molecule has 0 spiro atoms. The van der Waals surface area contributed by atoms with Gasteiger partial charge in [0, 0.05) is 13.3 Å².